The average molecular weight is 750 g/mol. The standard InChI is InChI=1S/C38H26N4O.Pt/c1-25-11-9-12-26(2)37(25)42-35-19-6-4-17-33(35)40-38(42)41-34-18-5-3-15-30(34)31-21-20-29(24-36(31)41)43-28-14-10-13-27(23-28)32-16-7-8-22-39-32;/h3-22H,1-2H3;/q-2;+2. The van der Waals surface area contributed by atoms with Gasteiger partial charge in [0.1, 0.15) is 0 Å². The predicted octanol–water partition coefficient (Wildman–Crippen LogP) is 9.19. The van der Waals surface area contributed by atoms with E-state index in [2.05, 4.69) is 107 Å². The number of rotatable bonds is 5. The third-order valence-electron chi connectivity index (χ3n) is 7.89. The van der Waals surface area contributed by atoms with E-state index in [0.717, 1.165) is 55.7 Å². The number of para-hydroxylation sites is 4. The number of fused-ring (bicyclic) bond motifs is 4. The van der Waals surface area contributed by atoms with Crippen LogP contribution in [0.25, 0.3) is 55.7 Å². The van der Waals surface area contributed by atoms with E-state index in [9.17, 15) is 0 Å². The van der Waals surface area contributed by atoms with Crippen LogP contribution in [-0.4, -0.2) is 19.1 Å². The first kappa shape index (κ1) is 27.8. The van der Waals surface area contributed by atoms with Crippen molar-refractivity contribution in [3.63, 3.8) is 0 Å². The largest absolute Gasteiger partial charge is 2.00 e. The molecule has 0 saturated heterocycles. The Labute approximate surface area is 269 Å². The van der Waals surface area contributed by atoms with Crippen molar-refractivity contribution in [3.05, 3.63) is 145 Å². The molecule has 0 saturated carbocycles. The van der Waals surface area contributed by atoms with Crippen LogP contribution < -0.4 is 4.74 Å². The second-order valence-corrected chi connectivity index (χ2v) is 10.7. The molecule has 0 spiro atoms. The van der Waals surface area contributed by atoms with E-state index >= 15 is 0 Å². The zero-order valence-electron chi connectivity index (χ0n) is 24.1. The van der Waals surface area contributed by atoms with Gasteiger partial charge >= 0.3 is 21.1 Å². The van der Waals surface area contributed by atoms with E-state index in [1.54, 1.807) is 6.20 Å². The second-order valence-electron chi connectivity index (χ2n) is 10.7. The second kappa shape index (κ2) is 11.3. The predicted molar refractivity (Wildman–Crippen MR) is 172 cm³/mol. The molecule has 3 aromatic heterocycles. The maximum atomic E-state index is 6.37. The Morgan fingerprint density at radius 1 is 0.614 bits per heavy atom. The van der Waals surface area contributed by atoms with Gasteiger partial charge in [0.05, 0.1) is 16.7 Å². The molecule has 8 rings (SSSR count). The monoisotopic (exact) mass is 749 g/mol. The summed E-state index contributed by atoms with van der Waals surface area (Å²) in [7, 11) is 0. The summed E-state index contributed by atoms with van der Waals surface area (Å²) in [6.45, 7) is 4.31. The zero-order chi connectivity index (χ0) is 28.9. The molecule has 5 nitrogen and oxygen atoms in total. The first-order valence-electron chi connectivity index (χ1n) is 14.3. The van der Waals surface area contributed by atoms with Gasteiger partial charge in [-0.1, -0.05) is 72.2 Å². The maximum absolute atomic E-state index is 6.37. The Kier molecular flexibility index (Phi) is 7.12. The van der Waals surface area contributed by atoms with Crippen molar-refractivity contribution in [2.24, 2.45) is 0 Å². The van der Waals surface area contributed by atoms with Gasteiger partial charge in [0.15, 0.2) is 0 Å². The summed E-state index contributed by atoms with van der Waals surface area (Å²) in [5.41, 5.74) is 9.13. The Balaban J connectivity index is 0.00000312. The number of imidazole rings is 1. The summed E-state index contributed by atoms with van der Waals surface area (Å²) in [5, 5.41) is 2.21. The van der Waals surface area contributed by atoms with Crippen molar-refractivity contribution in [1.29, 1.82) is 0 Å². The zero-order valence-corrected chi connectivity index (χ0v) is 26.3. The molecule has 0 aliphatic carbocycles. The van der Waals surface area contributed by atoms with Crippen LogP contribution >= 0.6 is 0 Å². The van der Waals surface area contributed by atoms with Gasteiger partial charge in [-0.25, -0.2) is 4.98 Å². The topological polar surface area (TPSA) is 44.9 Å². The molecule has 0 aliphatic heterocycles. The number of benzene rings is 5. The number of nitrogens with zero attached hydrogens (tertiary/aromatic N) is 4. The van der Waals surface area contributed by atoms with E-state index in [0.29, 0.717) is 11.5 Å². The van der Waals surface area contributed by atoms with Crippen molar-refractivity contribution in [2.45, 2.75) is 13.8 Å². The van der Waals surface area contributed by atoms with E-state index in [-0.39, 0.29) is 21.1 Å². The van der Waals surface area contributed by atoms with E-state index in [1.807, 2.05) is 48.5 Å². The van der Waals surface area contributed by atoms with Crippen molar-refractivity contribution < 1.29 is 25.8 Å². The van der Waals surface area contributed by atoms with Crippen LogP contribution in [0, 0.1) is 26.0 Å². The molecule has 0 unspecified atom stereocenters. The molecule has 0 amide bonds. The molecule has 0 N–H and O–H groups in total. The van der Waals surface area contributed by atoms with Crippen LogP contribution in [-0.2, 0) is 21.1 Å². The first-order chi connectivity index (χ1) is 21.2. The van der Waals surface area contributed by atoms with Crippen LogP contribution in [0.2, 0.25) is 0 Å². The van der Waals surface area contributed by atoms with Gasteiger partial charge in [-0.2, -0.15) is 6.07 Å². The Hall–Kier alpha value is -4.99. The van der Waals surface area contributed by atoms with Gasteiger partial charge in [0, 0.05) is 23.2 Å². The van der Waals surface area contributed by atoms with E-state index in [1.165, 1.54) is 11.1 Å². The summed E-state index contributed by atoms with van der Waals surface area (Å²) in [6.07, 6.45) is 1.78. The molecule has 0 atom stereocenters. The normalized spacial score (nSPS) is 11.2. The molecule has 3 heterocycles. The molecule has 5 aromatic carbocycles. The molecular weight excluding hydrogens is 724 g/mol. The fourth-order valence-electron chi connectivity index (χ4n) is 5.98. The van der Waals surface area contributed by atoms with E-state index < -0.39 is 0 Å². The van der Waals surface area contributed by atoms with Crippen molar-refractivity contribution in [3.8, 4) is 34.4 Å². The van der Waals surface area contributed by atoms with Crippen molar-refractivity contribution in [2.75, 3.05) is 0 Å². The van der Waals surface area contributed by atoms with Gasteiger partial charge in [0.25, 0.3) is 0 Å². The number of aryl methyl sites for hydroxylation is 2. The minimum atomic E-state index is 0. The van der Waals surface area contributed by atoms with Crippen LogP contribution in [0.4, 0.5) is 0 Å². The van der Waals surface area contributed by atoms with Crippen LogP contribution in [0.1, 0.15) is 11.1 Å². The number of aromatic nitrogens is 4. The fraction of sp³-hybridized carbons (Fsp3) is 0.0526. The summed E-state index contributed by atoms with van der Waals surface area (Å²) in [6, 6.07) is 45.9. The third kappa shape index (κ3) is 4.61. The summed E-state index contributed by atoms with van der Waals surface area (Å²) in [5.74, 6) is 2.01. The smallest absolute Gasteiger partial charge is 0.503 e. The maximum Gasteiger partial charge on any atom is 2.00 e. The Bertz CT molecular complexity index is 2280. The third-order valence-corrected chi connectivity index (χ3v) is 7.89. The number of pyridine rings is 1. The summed E-state index contributed by atoms with van der Waals surface area (Å²) in [4.78, 5) is 9.69. The van der Waals surface area contributed by atoms with Crippen LogP contribution in [0.15, 0.2) is 121 Å². The minimum absolute atomic E-state index is 0. The van der Waals surface area contributed by atoms with Gasteiger partial charge in [-0.15, -0.1) is 41.3 Å². The molecular formula is C38H26N4OPt. The Morgan fingerprint density at radius 2 is 1.34 bits per heavy atom. The Morgan fingerprint density at radius 3 is 2.16 bits per heavy atom. The van der Waals surface area contributed by atoms with Crippen LogP contribution in [0.5, 0.6) is 11.5 Å². The quantitative estimate of drug-likeness (QED) is 0.165. The molecule has 0 bridgehead atoms. The first-order valence-corrected chi connectivity index (χ1v) is 14.3. The molecule has 0 fully saturated rings. The average Bonchev–Trinajstić information content (AvgIpc) is 3.57. The fourth-order valence-corrected chi connectivity index (χ4v) is 5.98. The van der Waals surface area contributed by atoms with Gasteiger partial charge in [0.2, 0.25) is 5.95 Å². The minimum Gasteiger partial charge on any atom is -0.503 e. The molecule has 6 heteroatoms. The number of hydrogen-bond donors (Lipinski definition) is 0. The number of ether oxygens (including phenoxy) is 1. The molecule has 214 valence electrons. The summed E-state index contributed by atoms with van der Waals surface area (Å²) >= 11 is 0. The number of hydrogen-bond acceptors (Lipinski definition) is 3. The van der Waals surface area contributed by atoms with Crippen molar-refractivity contribution >= 4 is 32.8 Å². The van der Waals surface area contributed by atoms with Gasteiger partial charge in [-0.3, -0.25) is 4.57 Å². The summed E-state index contributed by atoms with van der Waals surface area (Å²) < 4.78 is 10.8. The van der Waals surface area contributed by atoms with Gasteiger partial charge < -0.3 is 14.3 Å². The van der Waals surface area contributed by atoms with Crippen LogP contribution in [0.3, 0.4) is 0 Å². The molecule has 0 aliphatic rings. The SMILES string of the molecule is Cc1cccc(C)c1-n1c(-n2c3[c-]c(Oc4[c-]c(-c5ccccn5)ccc4)ccc3c3ccccc32)nc2ccccc21.[Pt+2]. The van der Waals surface area contributed by atoms with E-state index in [4.69, 9.17) is 9.72 Å². The molecule has 0 radical (unpaired) electrons. The molecule has 44 heavy (non-hydrogen) atoms. The van der Waals surface area contributed by atoms with Gasteiger partial charge in [-0.05, 0) is 60.3 Å². The van der Waals surface area contributed by atoms with Crippen molar-refractivity contribution in [1.82, 2.24) is 19.1 Å². The molecule has 8 aromatic rings.